The highest BCUT2D eigenvalue weighted by atomic mass is 16.8. The van der Waals surface area contributed by atoms with Crippen LogP contribution in [-0.2, 0) is 38.5 Å². The first kappa shape index (κ1) is 20.8. The Morgan fingerprint density at radius 1 is 1.19 bits per heavy atom. The monoisotopic (exact) mass is 420 g/mol. The molecule has 0 bridgehead atoms. The standard InChI is InChI=1S/C24H26N3O4/c1-3-29-23(28)22-17-24(31-25-22,30-15-14-27-13-12-26(2)18-27)21-11-7-10-20(16-21)19-8-5-4-6-9-19/h4-13,16,18H,3,14-15,17H2,1-2H3/q+1. The van der Waals surface area contributed by atoms with Gasteiger partial charge in [0.2, 0.25) is 6.33 Å². The van der Waals surface area contributed by atoms with Crippen LogP contribution in [0.25, 0.3) is 11.1 Å². The summed E-state index contributed by atoms with van der Waals surface area (Å²) < 4.78 is 15.4. The van der Waals surface area contributed by atoms with Gasteiger partial charge in [-0.05, 0) is 24.1 Å². The fourth-order valence-electron chi connectivity index (χ4n) is 3.57. The summed E-state index contributed by atoms with van der Waals surface area (Å²) in [6, 6.07) is 18.0. The van der Waals surface area contributed by atoms with Gasteiger partial charge in [0.25, 0.3) is 5.79 Å². The number of nitrogens with zero attached hydrogens (tertiary/aromatic N) is 3. The van der Waals surface area contributed by atoms with Gasteiger partial charge in [-0.3, -0.25) is 0 Å². The summed E-state index contributed by atoms with van der Waals surface area (Å²) in [7, 11) is 1.97. The first-order valence-corrected chi connectivity index (χ1v) is 10.3. The fraction of sp³-hybridized carbons (Fsp3) is 0.292. The molecule has 0 saturated heterocycles. The molecule has 2 heterocycles. The predicted molar refractivity (Wildman–Crippen MR) is 115 cm³/mol. The zero-order valence-corrected chi connectivity index (χ0v) is 17.7. The van der Waals surface area contributed by atoms with E-state index in [1.54, 1.807) is 6.92 Å². The summed E-state index contributed by atoms with van der Waals surface area (Å²) in [5, 5.41) is 4.02. The van der Waals surface area contributed by atoms with Crippen LogP contribution in [0.4, 0.5) is 0 Å². The zero-order valence-electron chi connectivity index (χ0n) is 17.7. The minimum absolute atomic E-state index is 0.184. The number of oxime groups is 1. The maximum Gasteiger partial charge on any atom is 0.356 e. The van der Waals surface area contributed by atoms with E-state index in [2.05, 4.69) is 17.3 Å². The second-order valence-electron chi connectivity index (χ2n) is 7.39. The highest BCUT2D eigenvalue weighted by Crippen LogP contribution is 2.38. The van der Waals surface area contributed by atoms with E-state index in [9.17, 15) is 4.79 Å². The number of hydrogen-bond donors (Lipinski definition) is 0. The summed E-state index contributed by atoms with van der Waals surface area (Å²) in [6.45, 7) is 3.06. The number of carbonyl (C=O) groups is 1. The van der Waals surface area contributed by atoms with Crippen molar-refractivity contribution in [3.8, 4) is 11.1 Å². The third-order valence-corrected chi connectivity index (χ3v) is 5.13. The average Bonchev–Trinajstić information content (AvgIpc) is 3.42. The number of rotatable bonds is 8. The maximum atomic E-state index is 12.3. The van der Waals surface area contributed by atoms with Crippen molar-refractivity contribution >= 4 is 11.7 Å². The molecule has 0 spiro atoms. The molecular formula is C24H26N3O4+. The zero-order chi connectivity index (χ0) is 21.7. The van der Waals surface area contributed by atoms with Crippen molar-refractivity contribution in [3.05, 3.63) is 78.9 Å². The van der Waals surface area contributed by atoms with Crippen molar-refractivity contribution in [1.82, 2.24) is 4.57 Å². The Morgan fingerprint density at radius 3 is 2.74 bits per heavy atom. The maximum absolute atomic E-state index is 12.3. The Morgan fingerprint density at radius 2 is 2.00 bits per heavy atom. The Bertz CT molecular complexity index is 1080. The second-order valence-corrected chi connectivity index (χ2v) is 7.39. The average molecular weight is 420 g/mol. The van der Waals surface area contributed by atoms with Gasteiger partial charge >= 0.3 is 5.97 Å². The molecule has 160 valence electrons. The largest absolute Gasteiger partial charge is 0.461 e. The van der Waals surface area contributed by atoms with Gasteiger partial charge in [0.05, 0.1) is 26.7 Å². The molecule has 1 unspecified atom stereocenters. The third kappa shape index (κ3) is 4.67. The lowest BCUT2D eigenvalue weighted by molar-refractivity contribution is -0.671. The lowest BCUT2D eigenvalue weighted by Crippen LogP contribution is -2.33. The summed E-state index contributed by atoms with van der Waals surface area (Å²) >= 11 is 0. The van der Waals surface area contributed by atoms with E-state index in [0.29, 0.717) is 13.2 Å². The van der Waals surface area contributed by atoms with Crippen molar-refractivity contribution in [2.45, 2.75) is 25.7 Å². The third-order valence-electron chi connectivity index (χ3n) is 5.13. The van der Waals surface area contributed by atoms with E-state index in [1.807, 2.05) is 77.4 Å². The van der Waals surface area contributed by atoms with E-state index >= 15 is 0 Å². The van der Waals surface area contributed by atoms with Gasteiger partial charge < -0.3 is 14.3 Å². The highest BCUT2D eigenvalue weighted by molar-refractivity contribution is 6.36. The first-order chi connectivity index (χ1) is 15.1. The van der Waals surface area contributed by atoms with Crippen LogP contribution < -0.4 is 4.57 Å². The predicted octanol–water partition coefficient (Wildman–Crippen LogP) is 3.19. The second kappa shape index (κ2) is 9.14. The Labute approximate surface area is 181 Å². The number of ether oxygens (including phenoxy) is 2. The number of carbonyl (C=O) groups excluding carboxylic acids is 1. The van der Waals surface area contributed by atoms with Crippen LogP contribution in [0.5, 0.6) is 0 Å². The van der Waals surface area contributed by atoms with Crippen LogP contribution in [0.3, 0.4) is 0 Å². The molecule has 7 nitrogen and oxygen atoms in total. The molecule has 0 radical (unpaired) electrons. The van der Waals surface area contributed by atoms with Crippen LogP contribution in [0.1, 0.15) is 18.9 Å². The molecule has 7 heteroatoms. The van der Waals surface area contributed by atoms with E-state index < -0.39 is 11.8 Å². The van der Waals surface area contributed by atoms with Crippen molar-refractivity contribution in [2.75, 3.05) is 13.2 Å². The van der Waals surface area contributed by atoms with Gasteiger partial charge in [-0.2, -0.15) is 0 Å². The van der Waals surface area contributed by atoms with Gasteiger partial charge in [0.15, 0.2) is 5.71 Å². The first-order valence-electron chi connectivity index (χ1n) is 10.3. The highest BCUT2D eigenvalue weighted by Gasteiger charge is 2.45. The topological polar surface area (TPSA) is 65.9 Å². The summed E-state index contributed by atoms with van der Waals surface area (Å²) in [5.41, 5.74) is 3.14. The quantitative estimate of drug-likeness (QED) is 0.415. The molecule has 2 aromatic carbocycles. The molecule has 1 aliphatic rings. The van der Waals surface area contributed by atoms with Crippen LogP contribution in [0.2, 0.25) is 0 Å². The molecule has 0 fully saturated rings. The van der Waals surface area contributed by atoms with Crippen LogP contribution in [-0.4, -0.2) is 29.5 Å². The number of aryl methyl sites for hydroxylation is 1. The number of esters is 1. The van der Waals surface area contributed by atoms with Gasteiger partial charge in [-0.15, -0.1) is 0 Å². The molecule has 1 atom stereocenters. The van der Waals surface area contributed by atoms with E-state index in [1.165, 1.54) is 0 Å². The summed E-state index contributed by atoms with van der Waals surface area (Å²) in [6.07, 6.45) is 6.10. The lowest BCUT2D eigenvalue weighted by atomic mass is 9.96. The molecule has 0 saturated carbocycles. The Hall–Kier alpha value is -3.45. The van der Waals surface area contributed by atoms with Gasteiger partial charge in [0.1, 0.15) is 18.9 Å². The molecule has 1 aromatic heterocycles. The van der Waals surface area contributed by atoms with E-state index in [-0.39, 0.29) is 18.7 Å². The van der Waals surface area contributed by atoms with Crippen LogP contribution in [0.15, 0.2) is 78.5 Å². The van der Waals surface area contributed by atoms with Crippen LogP contribution >= 0.6 is 0 Å². The number of hydrogen-bond acceptors (Lipinski definition) is 5. The Kier molecular flexibility index (Phi) is 6.13. The normalized spacial score (nSPS) is 17.8. The van der Waals surface area contributed by atoms with Crippen molar-refractivity contribution in [1.29, 1.82) is 0 Å². The van der Waals surface area contributed by atoms with Crippen LogP contribution in [0, 0.1) is 0 Å². The van der Waals surface area contributed by atoms with Gasteiger partial charge in [0, 0.05) is 5.56 Å². The Balaban J connectivity index is 1.59. The summed E-state index contributed by atoms with van der Waals surface area (Å²) in [5.74, 6) is -1.66. The van der Waals surface area contributed by atoms with Gasteiger partial charge in [-0.25, -0.2) is 13.9 Å². The molecule has 4 rings (SSSR count). The minimum Gasteiger partial charge on any atom is -0.461 e. The molecular weight excluding hydrogens is 394 g/mol. The molecule has 3 aromatic rings. The number of benzene rings is 2. The smallest absolute Gasteiger partial charge is 0.356 e. The lowest BCUT2D eigenvalue weighted by Gasteiger charge is -2.27. The molecule has 0 amide bonds. The molecule has 31 heavy (non-hydrogen) atoms. The SMILES string of the molecule is CCOC(=O)C1=NOC(OCCn2cc[n+](C)c2)(c2cccc(-c3ccccc3)c2)C1. The van der Waals surface area contributed by atoms with Crippen molar-refractivity contribution < 1.29 is 23.7 Å². The van der Waals surface area contributed by atoms with Crippen molar-refractivity contribution in [3.63, 3.8) is 0 Å². The van der Waals surface area contributed by atoms with E-state index in [4.69, 9.17) is 14.3 Å². The van der Waals surface area contributed by atoms with Gasteiger partial charge in [-0.1, -0.05) is 53.7 Å². The van der Waals surface area contributed by atoms with E-state index in [0.717, 1.165) is 16.7 Å². The molecule has 0 aliphatic carbocycles. The molecule has 0 N–H and O–H groups in total. The van der Waals surface area contributed by atoms with Crippen molar-refractivity contribution in [2.24, 2.45) is 12.2 Å². The fourth-order valence-corrected chi connectivity index (χ4v) is 3.57. The number of aromatic nitrogens is 2. The minimum atomic E-state index is -1.18. The number of imidazole rings is 1. The summed E-state index contributed by atoms with van der Waals surface area (Å²) in [4.78, 5) is 18.0. The molecule has 1 aliphatic heterocycles.